The van der Waals surface area contributed by atoms with Crippen molar-refractivity contribution in [3.05, 3.63) is 128 Å². The fourth-order valence-electron chi connectivity index (χ4n) is 3.86. The maximum Gasteiger partial charge on any atom is 0.272 e. The van der Waals surface area contributed by atoms with Crippen LogP contribution in [0.2, 0.25) is 20.1 Å². The zero-order valence-corrected chi connectivity index (χ0v) is 26.5. The second kappa shape index (κ2) is 15.3. The molecular weight excluding hydrogens is 648 g/mol. The molecule has 3 N–H and O–H groups in total. The first-order chi connectivity index (χ1) is 20.6. The predicted octanol–water partition coefficient (Wildman–Crippen LogP) is 9.22. The molecule has 0 bridgehead atoms. The van der Waals surface area contributed by atoms with Gasteiger partial charge in [-0.05, 0) is 72.7 Å². The number of thioether (sulfide) groups is 1. The van der Waals surface area contributed by atoms with E-state index in [0.29, 0.717) is 44.0 Å². The standard InChI is InChI=1S/C32H25Cl4N3O3S/c1-2-28(32(42)38-26-13-7-12-24(34)29(26)36)43-23-11-6-10-22(18-23)37-31(41)27(16-20-14-15-21(33)17-25(20)35)39-30(40)19-8-4-3-5-9-19/h3-18,28H,2H2,1H3,(H,37,41)(H,38,42)(H,39,40)/b27-16+. The maximum atomic E-state index is 13.5. The smallest absolute Gasteiger partial charge is 0.272 e. The zero-order valence-electron chi connectivity index (χ0n) is 22.7. The quantitative estimate of drug-likeness (QED) is 0.116. The van der Waals surface area contributed by atoms with E-state index in [0.717, 1.165) is 4.90 Å². The third-order valence-corrected chi connectivity index (χ3v) is 8.77. The van der Waals surface area contributed by atoms with Crippen LogP contribution in [0, 0.1) is 0 Å². The molecule has 0 spiro atoms. The molecule has 3 amide bonds. The fourth-order valence-corrected chi connectivity index (χ4v) is 5.69. The van der Waals surface area contributed by atoms with Gasteiger partial charge in [0.2, 0.25) is 5.91 Å². The van der Waals surface area contributed by atoms with Crippen LogP contribution in [0.4, 0.5) is 11.4 Å². The van der Waals surface area contributed by atoms with Crippen LogP contribution in [0.1, 0.15) is 29.3 Å². The van der Waals surface area contributed by atoms with Crippen molar-refractivity contribution < 1.29 is 14.4 Å². The topological polar surface area (TPSA) is 87.3 Å². The third kappa shape index (κ3) is 9.02. The van der Waals surface area contributed by atoms with Crippen molar-refractivity contribution in [2.45, 2.75) is 23.5 Å². The Morgan fingerprint density at radius 3 is 2.28 bits per heavy atom. The number of rotatable bonds is 10. The summed E-state index contributed by atoms with van der Waals surface area (Å²) in [7, 11) is 0. The van der Waals surface area contributed by atoms with Crippen LogP contribution in [0.25, 0.3) is 6.08 Å². The second-order valence-electron chi connectivity index (χ2n) is 9.13. The third-order valence-electron chi connectivity index (χ3n) is 6.03. The van der Waals surface area contributed by atoms with Crippen molar-refractivity contribution in [2.24, 2.45) is 0 Å². The molecule has 0 saturated carbocycles. The largest absolute Gasteiger partial charge is 0.324 e. The molecule has 0 fully saturated rings. The lowest BCUT2D eigenvalue weighted by Crippen LogP contribution is -2.30. The molecule has 1 unspecified atom stereocenters. The van der Waals surface area contributed by atoms with E-state index < -0.39 is 17.1 Å². The summed E-state index contributed by atoms with van der Waals surface area (Å²) in [5.74, 6) is -1.27. The zero-order chi connectivity index (χ0) is 30.9. The molecule has 220 valence electrons. The summed E-state index contributed by atoms with van der Waals surface area (Å²) < 4.78 is 0. The van der Waals surface area contributed by atoms with Crippen LogP contribution in [0.15, 0.2) is 102 Å². The van der Waals surface area contributed by atoms with Gasteiger partial charge in [-0.25, -0.2) is 0 Å². The van der Waals surface area contributed by atoms with Gasteiger partial charge in [0, 0.05) is 26.2 Å². The predicted molar refractivity (Wildman–Crippen MR) is 178 cm³/mol. The summed E-state index contributed by atoms with van der Waals surface area (Å²) in [6.45, 7) is 1.90. The summed E-state index contributed by atoms with van der Waals surface area (Å²) in [5.41, 5.74) is 1.73. The van der Waals surface area contributed by atoms with Crippen LogP contribution in [-0.2, 0) is 9.59 Å². The van der Waals surface area contributed by atoms with E-state index in [1.165, 1.54) is 17.8 Å². The molecule has 6 nitrogen and oxygen atoms in total. The molecule has 43 heavy (non-hydrogen) atoms. The number of carbonyl (C=O) groups excluding carboxylic acids is 3. The summed E-state index contributed by atoms with van der Waals surface area (Å²) in [6, 6.07) is 25.4. The average Bonchev–Trinajstić information content (AvgIpc) is 2.99. The minimum Gasteiger partial charge on any atom is -0.324 e. The molecule has 0 aromatic heterocycles. The van der Waals surface area contributed by atoms with Gasteiger partial charge in [-0.1, -0.05) is 89.7 Å². The van der Waals surface area contributed by atoms with E-state index in [-0.39, 0.29) is 16.6 Å². The van der Waals surface area contributed by atoms with E-state index in [2.05, 4.69) is 16.0 Å². The molecule has 0 heterocycles. The van der Waals surface area contributed by atoms with Gasteiger partial charge in [0.05, 0.1) is 21.0 Å². The molecule has 0 aliphatic rings. The molecular formula is C32H25Cl4N3O3S. The summed E-state index contributed by atoms with van der Waals surface area (Å²) >= 11 is 26.0. The first-order valence-corrected chi connectivity index (χ1v) is 15.4. The second-order valence-corrected chi connectivity index (χ2v) is 12.0. The number of carbonyl (C=O) groups is 3. The first-order valence-electron chi connectivity index (χ1n) is 13.0. The number of hydrogen-bond donors (Lipinski definition) is 3. The fraction of sp³-hybridized carbons (Fsp3) is 0.0938. The van der Waals surface area contributed by atoms with Gasteiger partial charge in [-0.3, -0.25) is 14.4 Å². The van der Waals surface area contributed by atoms with E-state index in [9.17, 15) is 14.4 Å². The highest BCUT2D eigenvalue weighted by Gasteiger charge is 2.21. The van der Waals surface area contributed by atoms with E-state index >= 15 is 0 Å². The molecule has 0 aliphatic carbocycles. The Bertz CT molecular complexity index is 1680. The molecule has 0 radical (unpaired) electrons. The van der Waals surface area contributed by atoms with E-state index in [4.69, 9.17) is 46.4 Å². The number of nitrogens with one attached hydrogen (secondary N) is 3. The molecule has 4 rings (SSSR count). The van der Waals surface area contributed by atoms with Crippen LogP contribution in [0.3, 0.4) is 0 Å². The summed E-state index contributed by atoms with van der Waals surface area (Å²) in [6.07, 6.45) is 2.01. The van der Waals surface area contributed by atoms with Crippen molar-refractivity contribution in [3.63, 3.8) is 0 Å². The Hall–Kier alpha value is -3.46. The van der Waals surface area contributed by atoms with Crippen LogP contribution in [-0.4, -0.2) is 23.0 Å². The van der Waals surface area contributed by atoms with Crippen molar-refractivity contribution in [2.75, 3.05) is 10.6 Å². The molecule has 11 heteroatoms. The molecule has 4 aromatic rings. The number of anilines is 2. The highest BCUT2D eigenvalue weighted by Crippen LogP contribution is 2.32. The van der Waals surface area contributed by atoms with Gasteiger partial charge in [0.15, 0.2) is 0 Å². The number of benzene rings is 4. The van der Waals surface area contributed by atoms with Crippen LogP contribution >= 0.6 is 58.2 Å². The molecule has 4 aromatic carbocycles. The van der Waals surface area contributed by atoms with Crippen molar-refractivity contribution >= 4 is 93.3 Å². The molecule has 0 saturated heterocycles. The Morgan fingerprint density at radius 2 is 1.56 bits per heavy atom. The molecule has 1 atom stereocenters. The van der Waals surface area contributed by atoms with Crippen LogP contribution in [0.5, 0.6) is 0 Å². The Balaban J connectivity index is 1.53. The van der Waals surface area contributed by atoms with Crippen molar-refractivity contribution in [1.82, 2.24) is 5.32 Å². The monoisotopic (exact) mass is 671 g/mol. The highest BCUT2D eigenvalue weighted by molar-refractivity contribution is 8.00. The number of amides is 3. The Kier molecular flexibility index (Phi) is 11.6. The molecule has 0 aliphatic heterocycles. The average molecular weight is 673 g/mol. The highest BCUT2D eigenvalue weighted by atomic mass is 35.5. The SMILES string of the molecule is CCC(Sc1cccc(NC(=O)/C(=C\c2ccc(Cl)cc2Cl)NC(=O)c2ccccc2)c1)C(=O)Nc1cccc(Cl)c1Cl. The summed E-state index contributed by atoms with van der Waals surface area (Å²) in [5, 5.41) is 9.26. The van der Waals surface area contributed by atoms with Crippen molar-refractivity contribution in [1.29, 1.82) is 0 Å². The first kappa shape index (κ1) is 32.5. The van der Waals surface area contributed by atoms with E-state index in [1.807, 2.05) is 13.0 Å². The van der Waals surface area contributed by atoms with E-state index in [1.54, 1.807) is 84.9 Å². The lowest BCUT2D eigenvalue weighted by Gasteiger charge is -2.16. The summed E-state index contributed by atoms with van der Waals surface area (Å²) in [4.78, 5) is 40.2. The van der Waals surface area contributed by atoms with Gasteiger partial charge in [0.25, 0.3) is 11.8 Å². The van der Waals surface area contributed by atoms with Gasteiger partial charge in [-0.15, -0.1) is 11.8 Å². The Morgan fingerprint density at radius 1 is 0.814 bits per heavy atom. The minimum absolute atomic E-state index is 0.0275. The number of hydrogen-bond acceptors (Lipinski definition) is 4. The number of halogens is 4. The van der Waals surface area contributed by atoms with Gasteiger partial charge in [-0.2, -0.15) is 0 Å². The van der Waals surface area contributed by atoms with Gasteiger partial charge in [0.1, 0.15) is 5.70 Å². The lowest BCUT2D eigenvalue weighted by atomic mass is 10.1. The van der Waals surface area contributed by atoms with Crippen molar-refractivity contribution in [3.8, 4) is 0 Å². The van der Waals surface area contributed by atoms with Crippen LogP contribution < -0.4 is 16.0 Å². The Labute approximate surface area is 273 Å². The minimum atomic E-state index is -0.571. The maximum absolute atomic E-state index is 13.5. The normalized spacial score (nSPS) is 11.9. The van der Waals surface area contributed by atoms with Gasteiger partial charge < -0.3 is 16.0 Å². The lowest BCUT2D eigenvalue weighted by molar-refractivity contribution is -0.116. The van der Waals surface area contributed by atoms with Gasteiger partial charge >= 0.3 is 0 Å².